The number of benzene rings is 1. The lowest BCUT2D eigenvalue weighted by Crippen LogP contribution is -2.32. The minimum absolute atomic E-state index is 0.0669. The summed E-state index contributed by atoms with van der Waals surface area (Å²) in [5.74, 6) is 0. The summed E-state index contributed by atoms with van der Waals surface area (Å²) in [4.78, 5) is 26.4. The van der Waals surface area contributed by atoms with Crippen LogP contribution in [0.25, 0.3) is 10.9 Å². The van der Waals surface area contributed by atoms with Gasteiger partial charge >= 0.3 is 0 Å². The van der Waals surface area contributed by atoms with Crippen LogP contribution >= 0.6 is 0 Å². The summed E-state index contributed by atoms with van der Waals surface area (Å²) in [7, 11) is 0. The molecule has 0 bridgehead atoms. The Hall–Kier alpha value is -2.28. The van der Waals surface area contributed by atoms with Gasteiger partial charge in [-0.05, 0) is 19.9 Å². The number of nitro benzene ring substituents is 1. The number of hydrogen-bond acceptors (Lipinski definition) is 5. The number of hydrogen-bond donors (Lipinski definition) is 1. The summed E-state index contributed by atoms with van der Waals surface area (Å²) in [5.41, 5.74) is -1.24. The van der Waals surface area contributed by atoms with Gasteiger partial charge in [-0.3, -0.25) is 19.5 Å². The molecule has 1 N–H and O–H groups in total. The van der Waals surface area contributed by atoms with Crippen LogP contribution in [0.4, 0.5) is 5.69 Å². The van der Waals surface area contributed by atoms with Crippen molar-refractivity contribution in [1.82, 2.24) is 9.55 Å². The van der Waals surface area contributed by atoms with Crippen molar-refractivity contribution in [1.29, 1.82) is 0 Å². The van der Waals surface area contributed by atoms with Gasteiger partial charge in [-0.15, -0.1) is 0 Å². The molecule has 0 radical (unpaired) electrons. The Balaban J connectivity index is 2.62. The minimum Gasteiger partial charge on any atom is -0.389 e. The molecule has 7 nitrogen and oxygen atoms in total. The Morgan fingerprint density at radius 3 is 2.74 bits per heavy atom. The summed E-state index contributed by atoms with van der Waals surface area (Å²) in [6.45, 7) is 3.20. The van der Waals surface area contributed by atoms with E-state index in [1.165, 1.54) is 29.1 Å². The standard InChI is InChI=1S/C12H13N3O4/c1-12(2,17)6-14-7-13-10-4-3-8(15(18)19)5-9(10)11(14)16/h3-5,7,17H,6H2,1-2H3. The maximum Gasteiger partial charge on any atom is 0.270 e. The van der Waals surface area contributed by atoms with E-state index in [1.54, 1.807) is 13.8 Å². The van der Waals surface area contributed by atoms with E-state index in [0.717, 1.165) is 0 Å². The summed E-state index contributed by atoms with van der Waals surface area (Å²) in [6, 6.07) is 3.93. The molecule has 0 spiro atoms. The average molecular weight is 263 g/mol. The fourth-order valence-corrected chi connectivity index (χ4v) is 1.79. The summed E-state index contributed by atoms with van der Waals surface area (Å²) >= 11 is 0. The van der Waals surface area contributed by atoms with Crippen LogP contribution in [0.2, 0.25) is 0 Å². The van der Waals surface area contributed by atoms with Gasteiger partial charge in [0.2, 0.25) is 0 Å². The molecular formula is C12H13N3O4. The molecule has 7 heteroatoms. The van der Waals surface area contributed by atoms with Crippen LogP contribution in [0, 0.1) is 10.1 Å². The van der Waals surface area contributed by atoms with Crippen LogP contribution in [-0.4, -0.2) is 25.2 Å². The van der Waals surface area contributed by atoms with E-state index in [2.05, 4.69) is 4.98 Å². The fourth-order valence-electron chi connectivity index (χ4n) is 1.79. The number of non-ortho nitro benzene ring substituents is 1. The number of aliphatic hydroxyl groups is 1. The van der Waals surface area contributed by atoms with Crippen LogP contribution in [0.3, 0.4) is 0 Å². The zero-order chi connectivity index (χ0) is 14.2. The van der Waals surface area contributed by atoms with Gasteiger partial charge < -0.3 is 5.11 Å². The van der Waals surface area contributed by atoms with Crippen molar-refractivity contribution in [2.24, 2.45) is 0 Å². The molecule has 0 atom stereocenters. The molecule has 0 saturated carbocycles. The third-order valence-electron chi connectivity index (χ3n) is 2.58. The van der Waals surface area contributed by atoms with E-state index >= 15 is 0 Å². The van der Waals surface area contributed by atoms with Crippen molar-refractivity contribution in [3.63, 3.8) is 0 Å². The zero-order valence-corrected chi connectivity index (χ0v) is 10.5. The minimum atomic E-state index is -1.07. The smallest absolute Gasteiger partial charge is 0.270 e. The van der Waals surface area contributed by atoms with Crippen molar-refractivity contribution in [3.8, 4) is 0 Å². The summed E-state index contributed by atoms with van der Waals surface area (Å²) < 4.78 is 1.24. The van der Waals surface area contributed by atoms with Gasteiger partial charge in [-0.1, -0.05) is 0 Å². The molecule has 100 valence electrons. The van der Waals surface area contributed by atoms with Gasteiger partial charge in [-0.25, -0.2) is 4.98 Å². The topological polar surface area (TPSA) is 98.3 Å². The molecule has 0 aliphatic heterocycles. The summed E-state index contributed by atoms with van der Waals surface area (Å²) in [5, 5.41) is 20.6. The molecule has 2 rings (SSSR count). The van der Waals surface area contributed by atoms with Crippen LogP contribution < -0.4 is 5.56 Å². The lowest BCUT2D eigenvalue weighted by atomic mass is 10.1. The monoisotopic (exact) mass is 263 g/mol. The number of rotatable bonds is 3. The summed E-state index contributed by atoms with van der Waals surface area (Å²) in [6.07, 6.45) is 1.33. The molecule has 0 aliphatic rings. The Bertz CT molecular complexity index is 700. The highest BCUT2D eigenvalue weighted by Gasteiger charge is 2.16. The molecule has 1 aromatic heterocycles. The average Bonchev–Trinajstić information content (AvgIpc) is 2.31. The van der Waals surface area contributed by atoms with Gasteiger partial charge in [0.05, 0.1) is 34.3 Å². The Morgan fingerprint density at radius 1 is 1.47 bits per heavy atom. The van der Waals surface area contributed by atoms with Gasteiger partial charge in [0.1, 0.15) is 0 Å². The van der Waals surface area contributed by atoms with Crippen molar-refractivity contribution in [3.05, 3.63) is 45.0 Å². The molecule has 2 aromatic rings. The predicted molar refractivity (Wildman–Crippen MR) is 69.0 cm³/mol. The van der Waals surface area contributed by atoms with Crippen LogP contribution in [0.1, 0.15) is 13.8 Å². The molecule has 0 amide bonds. The first kappa shape index (κ1) is 13.2. The SMILES string of the molecule is CC(C)(O)Cn1cnc2ccc([N+](=O)[O-])cc2c1=O. The van der Waals surface area contributed by atoms with Crippen LogP contribution in [0.5, 0.6) is 0 Å². The maximum atomic E-state index is 12.2. The predicted octanol–water partition coefficient (Wildman–Crippen LogP) is 1.08. The molecule has 1 heterocycles. The van der Waals surface area contributed by atoms with Gasteiger partial charge in [0.25, 0.3) is 11.2 Å². The van der Waals surface area contributed by atoms with Gasteiger partial charge in [-0.2, -0.15) is 0 Å². The normalized spacial score (nSPS) is 11.7. The second-order valence-corrected chi connectivity index (χ2v) is 4.95. The van der Waals surface area contributed by atoms with Crippen molar-refractivity contribution in [2.75, 3.05) is 0 Å². The fraction of sp³-hybridized carbons (Fsp3) is 0.333. The molecule has 0 aliphatic carbocycles. The Kier molecular flexibility index (Phi) is 3.07. The quantitative estimate of drug-likeness (QED) is 0.659. The lowest BCUT2D eigenvalue weighted by molar-refractivity contribution is -0.384. The van der Waals surface area contributed by atoms with E-state index in [1.807, 2.05) is 0 Å². The molecular weight excluding hydrogens is 250 g/mol. The first-order chi connectivity index (χ1) is 8.78. The van der Waals surface area contributed by atoms with E-state index < -0.39 is 16.1 Å². The van der Waals surface area contributed by atoms with Crippen molar-refractivity contribution < 1.29 is 10.0 Å². The van der Waals surface area contributed by atoms with E-state index in [0.29, 0.717) is 5.52 Å². The molecule has 1 aromatic carbocycles. The Labute approximate surface area is 108 Å². The lowest BCUT2D eigenvalue weighted by Gasteiger charge is -2.18. The third kappa shape index (κ3) is 2.76. The number of nitrogens with zero attached hydrogens (tertiary/aromatic N) is 3. The van der Waals surface area contributed by atoms with Crippen LogP contribution in [0.15, 0.2) is 29.3 Å². The molecule has 19 heavy (non-hydrogen) atoms. The van der Waals surface area contributed by atoms with Crippen molar-refractivity contribution in [2.45, 2.75) is 26.0 Å². The first-order valence-corrected chi connectivity index (χ1v) is 5.64. The van der Waals surface area contributed by atoms with E-state index in [9.17, 15) is 20.0 Å². The first-order valence-electron chi connectivity index (χ1n) is 5.64. The highest BCUT2D eigenvalue weighted by molar-refractivity contribution is 5.79. The highest BCUT2D eigenvalue weighted by Crippen LogP contribution is 2.16. The second-order valence-electron chi connectivity index (χ2n) is 4.95. The largest absolute Gasteiger partial charge is 0.389 e. The highest BCUT2D eigenvalue weighted by atomic mass is 16.6. The van der Waals surface area contributed by atoms with Crippen LogP contribution in [-0.2, 0) is 6.54 Å². The third-order valence-corrected chi connectivity index (χ3v) is 2.58. The van der Waals surface area contributed by atoms with Gasteiger partial charge in [0, 0.05) is 12.1 Å². The molecule has 0 fully saturated rings. The Morgan fingerprint density at radius 2 is 2.16 bits per heavy atom. The van der Waals surface area contributed by atoms with E-state index in [4.69, 9.17) is 0 Å². The number of aromatic nitrogens is 2. The molecule has 0 unspecified atom stereocenters. The van der Waals surface area contributed by atoms with Gasteiger partial charge in [0.15, 0.2) is 0 Å². The second kappa shape index (κ2) is 4.43. The zero-order valence-electron chi connectivity index (χ0n) is 10.5. The molecule has 0 saturated heterocycles. The number of fused-ring (bicyclic) bond motifs is 1. The van der Waals surface area contributed by atoms with E-state index in [-0.39, 0.29) is 17.6 Å². The van der Waals surface area contributed by atoms with Crippen molar-refractivity contribution >= 4 is 16.6 Å². The maximum absolute atomic E-state index is 12.2. The number of nitro groups is 1.